The van der Waals surface area contributed by atoms with Crippen LogP contribution in [0.1, 0.15) is 18.5 Å². The summed E-state index contributed by atoms with van der Waals surface area (Å²) in [6.45, 7) is 1.22. The van der Waals surface area contributed by atoms with Gasteiger partial charge in [0, 0.05) is 23.4 Å². The van der Waals surface area contributed by atoms with E-state index in [-0.39, 0.29) is 5.91 Å². The molecule has 8 heteroatoms. The molecule has 0 aliphatic carbocycles. The molecule has 0 saturated carbocycles. The Labute approximate surface area is 159 Å². The van der Waals surface area contributed by atoms with Crippen LogP contribution in [-0.2, 0) is 11.3 Å². The maximum Gasteiger partial charge on any atom is 0.226 e. The molecule has 0 atom stereocenters. The van der Waals surface area contributed by atoms with E-state index < -0.39 is 0 Å². The normalized spacial score (nSPS) is 10.9. The highest BCUT2D eigenvalue weighted by molar-refractivity contribution is 9.10. The quantitative estimate of drug-likeness (QED) is 0.627. The number of halogens is 2. The van der Waals surface area contributed by atoms with Gasteiger partial charge in [-0.15, -0.1) is 11.3 Å². The first-order valence-corrected chi connectivity index (χ1v) is 9.46. The molecule has 0 unspecified atom stereocenters. The SMILES string of the molecule is CN(C)Cc1csc(NC(=O)CCCOc2ccc(Cl)cc2Br)n1. The number of hydrogen-bond donors (Lipinski definition) is 1. The third-order valence-corrected chi connectivity index (χ3v) is 4.64. The van der Waals surface area contributed by atoms with Gasteiger partial charge in [-0.3, -0.25) is 4.79 Å². The predicted octanol–water partition coefficient (Wildman–Crippen LogP) is 4.42. The summed E-state index contributed by atoms with van der Waals surface area (Å²) in [6, 6.07) is 5.34. The van der Waals surface area contributed by atoms with Crippen LogP contribution < -0.4 is 10.1 Å². The molecule has 0 bridgehead atoms. The minimum Gasteiger partial charge on any atom is -0.492 e. The molecule has 0 fully saturated rings. The largest absolute Gasteiger partial charge is 0.492 e. The molecular formula is C16H19BrClN3O2S. The third kappa shape index (κ3) is 6.39. The zero-order chi connectivity index (χ0) is 17.5. The molecule has 1 aromatic heterocycles. The summed E-state index contributed by atoms with van der Waals surface area (Å²) in [4.78, 5) is 18.3. The highest BCUT2D eigenvalue weighted by Gasteiger charge is 2.08. The van der Waals surface area contributed by atoms with Crippen LogP contribution >= 0.6 is 38.9 Å². The van der Waals surface area contributed by atoms with Gasteiger partial charge in [0.25, 0.3) is 0 Å². The summed E-state index contributed by atoms with van der Waals surface area (Å²) < 4.78 is 6.44. The Morgan fingerprint density at radius 1 is 1.46 bits per heavy atom. The molecule has 5 nitrogen and oxygen atoms in total. The number of thiazole rings is 1. The highest BCUT2D eigenvalue weighted by Crippen LogP contribution is 2.28. The molecule has 130 valence electrons. The Hall–Kier alpha value is -1.15. The summed E-state index contributed by atoms with van der Waals surface area (Å²) >= 11 is 10.7. The van der Waals surface area contributed by atoms with Crippen LogP contribution in [-0.4, -0.2) is 36.5 Å². The van der Waals surface area contributed by atoms with Crippen LogP contribution in [0, 0.1) is 0 Å². The van der Waals surface area contributed by atoms with Gasteiger partial charge in [0.05, 0.1) is 16.8 Å². The molecule has 0 aliphatic heterocycles. The minimum atomic E-state index is -0.0560. The number of benzene rings is 1. The van der Waals surface area contributed by atoms with Crippen molar-refractivity contribution in [1.82, 2.24) is 9.88 Å². The van der Waals surface area contributed by atoms with Crippen LogP contribution in [0.2, 0.25) is 5.02 Å². The van der Waals surface area contributed by atoms with E-state index in [0.29, 0.717) is 35.4 Å². The van der Waals surface area contributed by atoms with Crippen molar-refractivity contribution in [2.24, 2.45) is 0 Å². The van der Waals surface area contributed by atoms with Gasteiger partial charge in [-0.1, -0.05) is 11.6 Å². The number of aromatic nitrogens is 1. The van der Waals surface area contributed by atoms with Gasteiger partial charge in [-0.05, 0) is 54.6 Å². The van der Waals surface area contributed by atoms with Gasteiger partial charge in [0.1, 0.15) is 5.75 Å². The molecule has 2 aromatic rings. The lowest BCUT2D eigenvalue weighted by atomic mass is 10.3. The maximum absolute atomic E-state index is 11.9. The number of nitrogens with zero attached hydrogens (tertiary/aromatic N) is 2. The molecule has 0 radical (unpaired) electrons. The van der Waals surface area contributed by atoms with Crippen LogP contribution in [0.5, 0.6) is 5.75 Å². The maximum atomic E-state index is 11.9. The van der Waals surface area contributed by atoms with Gasteiger partial charge in [0.2, 0.25) is 5.91 Å². The number of anilines is 1. The van der Waals surface area contributed by atoms with Crippen LogP contribution in [0.3, 0.4) is 0 Å². The second-order valence-corrected chi connectivity index (χ2v) is 7.61. The van der Waals surface area contributed by atoms with Gasteiger partial charge in [-0.25, -0.2) is 4.98 Å². The van der Waals surface area contributed by atoms with Crippen molar-refractivity contribution in [2.45, 2.75) is 19.4 Å². The molecule has 0 spiro atoms. The molecule has 1 amide bonds. The lowest BCUT2D eigenvalue weighted by Gasteiger charge is -2.08. The Morgan fingerprint density at radius 3 is 2.96 bits per heavy atom. The zero-order valence-corrected chi connectivity index (χ0v) is 16.7. The number of rotatable bonds is 8. The van der Waals surface area contributed by atoms with E-state index >= 15 is 0 Å². The van der Waals surface area contributed by atoms with Gasteiger partial charge < -0.3 is 15.0 Å². The Kier molecular flexibility index (Phi) is 7.48. The van der Waals surface area contributed by atoms with Gasteiger partial charge in [-0.2, -0.15) is 0 Å². The second-order valence-electron chi connectivity index (χ2n) is 5.46. The van der Waals surface area contributed by atoms with Crippen molar-refractivity contribution >= 4 is 49.9 Å². The summed E-state index contributed by atoms with van der Waals surface area (Å²) in [5.74, 6) is 0.660. The average molecular weight is 433 g/mol. The van der Waals surface area contributed by atoms with Crippen molar-refractivity contribution in [3.05, 3.63) is 38.8 Å². The Morgan fingerprint density at radius 2 is 2.25 bits per heavy atom. The smallest absolute Gasteiger partial charge is 0.226 e. The van der Waals surface area contributed by atoms with Gasteiger partial charge in [0.15, 0.2) is 5.13 Å². The second kappa shape index (κ2) is 9.36. The number of hydrogen-bond acceptors (Lipinski definition) is 5. The summed E-state index contributed by atoms with van der Waals surface area (Å²) in [6.07, 6.45) is 1.00. The average Bonchev–Trinajstić information content (AvgIpc) is 2.91. The monoisotopic (exact) mass is 431 g/mol. The lowest BCUT2D eigenvalue weighted by Crippen LogP contribution is -2.13. The van der Waals surface area contributed by atoms with Crippen molar-refractivity contribution in [1.29, 1.82) is 0 Å². The van der Waals surface area contributed by atoms with E-state index in [9.17, 15) is 4.79 Å². The summed E-state index contributed by atoms with van der Waals surface area (Å²) in [5, 5.41) is 6.06. The van der Waals surface area contributed by atoms with Crippen LogP contribution in [0.15, 0.2) is 28.1 Å². The van der Waals surface area contributed by atoms with E-state index in [1.807, 2.05) is 24.4 Å². The first kappa shape index (κ1) is 19.2. The molecular weight excluding hydrogens is 414 g/mol. The van der Waals surface area contributed by atoms with E-state index in [1.165, 1.54) is 11.3 Å². The van der Waals surface area contributed by atoms with Gasteiger partial charge >= 0.3 is 0 Å². The molecule has 1 heterocycles. The summed E-state index contributed by atoms with van der Waals surface area (Å²) in [5.41, 5.74) is 0.955. The van der Waals surface area contributed by atoms with E-state index in [2.05, 4.69) is 26.2 Å². The molecule has 1 N–H and O–H groups in total. The lowest BCUT2D eigenvalue weighted by molar-refractivity contribution is -0.116. The Balaban J connectivity index is 1.70. The van der Waals surface area contributed by atoms with E-state index in [4.69, 9.17) is 16.3 Å². The van der Waals surface area contributed by atoms with Crippen LogP contribution in [0.4, 0.5) is 5.13 Å². The number of carbonyl (C=O) groups is 1. The Bertz CT molecular complexity index is 694. The van der Waals surface area contributed by atoms with Crippen molar-refractivity contribution in [3.8, 4) is 5.75 Å². The standard InChI is InChI=1S/C16H19BrClN3O2S/c1-21(2)9-12-10-24-16(19-12)20-15(22)4-3-7-23-14-6-5-11(18)8-13(14)17/h5-6,8,10H,3-4,7,9H2,1-2H3,(H,19,20,22). The number of ether oxygens (including phenoxy) is 1. The highest BCUT2D eigenvalue weighted by atomic mass is 79.9. The number of nitrogens with one attached hydrogen (secondary N) is 1. The molecule has 2 rings (SSSR count). The molecule has 0 saturated heterocycles. The molecule has 1 aromatic carbocycles. The van der Waals surface area contributed by atoms with E-state index in [1.54, 1.807) is 18.2 Å². The first-order valence-electron chi connectivity index (χ1n) is 7.41. The number of amides is 1. The van der Waals surface area contributed by atoms with Crippen molar-refractivity contribution in [3.63, 3.8) is 0 Å². The fourth-order valence-electron chi connectivity index (χ4n) is 1.95. The van der Waals surface area contributed by atoms with Crippen molar-refractivity contribution in [2.75, 3.05) is 26.0 Å². The van der Waals surface area contributed by atoms with Crippen LogP contribution in [0.25, 0.3) is 0 Å². The zero-order valence-electron chi connectivity index (χ0n) is 13.5. The fraction of sp³-hybridized carbons (Fsp3) is 0.375. The third-order valence-electron chi connectivity index (χ3n) is 2.98. The number of carbonyl (C=O) groups excluding carboxylic acids is 1. The summed E-state index contributed by atoms with van der Waals surface area (Å²) in [7, 11) is 3.97. The predicted molar refractivity (Wildman–Crippen MR) is 102 cm³/mol. The first-order chi connectivity index (χ1) is 11.4. The fourth-order valence-corrected chi connectivity index (χ4v) is 3.46. The van der Waals surface area contributed by atoms with Crippen molar-refractivity contribution < 1.29 is 9.53 Å². The van der Waals surface area contributed by atoms with E-state index in [0.717, 1.165) is 16.7 Å². The topological polar surface area (TPSA) is 54.5 Å². The molecule has 0 aliphatic rings. The molecule has 24 heavy (non-hydrogen) atoms. The minimum absolute atomic E-state index is 0.0560.